The summed E-state index contributed by atoms with van der Waals surface area (Å²) in [6, 6.07) is 69.2. The SMILES string of the molecule is c1ccc(-c2cccc(-c3nc(-c4ccc5c(c4)oc4cccc(-c6cccc(-c7ccccc7)c6)c45)nc(-c4ccccc4-c4ccccc4)n3)c2)cc1. The zero-order valence-corrected chi connectivity index (χ0v) is 29.8. The highest BCUT2D eigenvalue weighted by Gasteiger charge is 2.18. The molecule has 258 valence electrons. The number of benzene rings is 8. The smallest absolute Gasteiger partial charge is 0.164 e. The minimum atomic E-state index is 0.575. The molecule has 4 heteroatoms. The van der Waals surface area contributed by atoms with Crippen LogP contribution in [0.25, 0.3) is 101 Å². The molecule has 0 aliphatic heterocycles. The summed E-state index contributed by atoms with van der Waals surface area (Å²) in [6.07, 6.45) is 0. The summed E-state index contributed by atoms with van der Waals surface area (Å²) in [5.41, 5.74) is 13.3. The minimum Gasteiger partial charge on any atom is -0.456 e. The van der Waals surface area contributed by atoms with Gasteiger partial charge >= 0.3 is 0 Å². The van der Waals surface area contributed by atoms with Gasteiger partial charge in [0, 0.05) is 27.5 Å². The second-order valence-corrected chi connectivity index (χ2v) is 13.6. The Labute approximate surface area is 319 Å². The Balaban J connectivity index is 1.13. The van der Waals surface area contributed by atoms with E-state index in [4.69, 9.17) is 19.4 Å². The van der Waals surface area contributed by atoms with Gasteiger partial charge in [0.2, 0.25) is 0 Å². The molecule has 0 aliphatic rings. The number of fused-ring (bicyclic) bond motifs is 3. The Hall–Kier alpha value is -7.43. The molecule has 0 unspecified atom stereocenters. The lowest BCUT2D eigenvalue weighted by molar-refractivity contribution is 0.669. The molecule has 0 radical (unpaired) electrons. The summed E-state index contributed by atoms with van der Waals surface area (Å²) < 4.78 is 6.59. The number of nitrogens with zero attached hydrogens (tertiary/aromatic N) is 3. The van der Waals surface area contributed by atoms with Gasteiger partial charge < -0.3 is 4.42 Å². The van der Waals surface area contributed by atoms with Crippen molar-refractivity contribution < 1.29 is 4.42 Å². The number of aromatic nitrogens is 3. The standard InChI is InChI=1S/C51H33N3O/c1-4-15-34(16-5-1)37-21-12-23-39(31-37)43-27-14-28-46-48(43)45-30-29-41(33-47(45)55-46)50-52-49(40-24-13-22-38(32-40)35-17-6-2-7-18-35)53-51(54-50)44-26-11-10-25-42(44)36-19-8-3-9-20-36/h1-33H. The van der Waals surface area contributed by atoms with Crippen molar-refractivity contribution in [3.63, 3.8) is 0 Å². The number of rotatable bonds is 7. The molecule has 0 N–H and O–H groups in total. The second kappa shape index (κ2) is 13.8. The zero-order chi connectivity index (χ0) is 36.6. The highest BCUT2D eigenvalue weighted by Crippen LogP contribution is 2.40. The Morgan fingerprint density at radius 3 is 1.42 bits per heavy atom. The van der Waals surface area contributed by atoms with Gasteiger partial charge in [0.15, 0.2) is 17.5 Å². The first-order chi connectivity index (χ1) is 27.2. The lowest BCUT2D eigenvalue weighted by Gasteiger charge is -2.12. The molecule has 0 aliphatic carbocycles. The molecule has 0 fully saturated rings. The van der Waals surface area contributed by atoms with Crippen LogP contribution in [-0.4, -0.2) is 15.0 Å². The van der Waals surface area contributed by atoms with Crippen molar-refractivity contribution in [2.75, 3.05) is 0 Å². The van der Waals surface area contributed by atoms with Crippen molar-refractivity contribution in [1.29, 1.82) is 0 Å². The second-order valence-electron chi connectivity index (χ2n) is 13.6. The summed E-state index contributed by atoms with van der Waals surface area (Å²) in [6.45, 7) is 0. The molecule has 2 heterocycles. The zero-order valence-electron chi connectivity index (χ0n) is 29.8. The van der Waals surface area contributed by atoms with E-state index >= 15 is 0 Å². The van der Waals surface area contributed by atoms with Crippen LogP contribution in [0.2, 0.25) is 0 Å². The summed E-state index contributed by atoms with van der Waals surface area (Å²) in [5, 5.41) is 2.12. The minimum absolute atomic E-state index is 0.575. The quantitative estimate of drug-likeness (QED) is 0.166. The van der Waals surface area contributed by atoms with Gasteiger partial charge in [-0.2, -0.15) is 0 Å². The van der Waals surface area contributed by atoms with Gasteiger partial charge in [-0.1, -0.05) is 170 Å². The van der Waals surface area contributed by atoms with Crippen molar-refractivity contribution in [1.82, 2.24) is 15.0 Å². The molecule has 0 bridgehead atoms. The van der Waals surface area contributed by atoms with E-state index in [9.17, 15) is 0 Å². The summed E-state index contributed by atoms with van der Waals surface area (Å²) in [4.78, 5) is 15.4. The first kappa shape index (κ1) is 32.2. The lowest BCUT2D eigenvalue weighted by Crippen LogP contribution is -2.01. The molecule has 2 aromatic heterocycles. The summed E-state index contributed by atoms with van der Waals surface area (Å²) in [5.74, 6) is 1.78. The van der Waals surface area contributed by atoms with Gasteiger partial charge in [0.05, 0.1) is 0 Å². The van der Waals surface area contributed by atoms with Crippen LogP contribution in [0, 0.1) is 0 Å². The van der Waals surface area contributed by atoms with E-state index in [1.807, 2.05) is 30.3 Å². The van der Waals surface area contributed by atoms with Crippen molar-refractivity contribution in [2.24, 2.45) is 0 Å². The highest BCUT2D eigenvalue weighted by molar-refractivity contribution is 6.13. The first-order valence-corrected chi connectivity index (χ1v) is 18.4. The maximum atomic E-state index is 6.59. The van der Waals surface area contributed by atoms with Gasteiger partial charge in [0.1, 0.15) is 11.2 Å². The maximum Gasteiger partial charge on any atom is 0.164 e. The predicted octanol–water partition coefficient (Wildman–Crippen LogP) is 13.4. The van der Waals surface area contributed by atoms with Crippen LogP contribution in [0.3, 0.4) is 0 Å². The van der Waals surface area contributed by atoms with Crippen LogP contribution in [0.15, 0.2) is 205 Å². The lowest BCUT2D eigenvalue weighted by atomic mass is 9.96. The first-order valence-electron chi connectivity index (χ1n) is 18.4. The van der Waals surface area contributed by atoms with E-state index in [2.05, 4.69) is 170 Å². The van der Waals surface area contributed by atoms with Crippen LogP contribution in [0.1, 0.15) is 0 Å². The van der Waals surface area contributed by atoms with E-state index in [1.165, 1.54) is 11.1 Å². The van der Waals surface area contributed by atoms with Gasteiger partial charge in [-0.25, -0.2) is 15.0 Å². The van der Waals surface area contributed by atoms with Crippen LogP contribution in [-0.2, 0) is 0 Å². The number of furan rings is 1. The Morgan fingerprint density at radius 2 is 0.745 bits per heavy atom. The van der Waals surface area contributed by atoms with Crippen LogP contribution in [0.5, 0.6) is 0 Å². The van der Waals surface area contributed by atoms with E-state index in [0.717, 1.165) is 72.0 Å². The molecule has 10 rings (SSSR count). The van der Waals surface area contributed by atoms with Gasteiger partial charge in [0.25, 0.3) is 0 Å². The molecular weight excluding hydrogens is 671 g/mol. The molecule has 10 aromatic rings. The molecule has 55 heavy (non-hydrogen) atoms. The van der Waals surface area contributed by atoms with Crippen molar-refractivity contribution in [3.05, 3.63) is 200 Å². The molecule has 0 spiro atoms. The molecule has 4 nitrogen and oxygen atoms in total. The fraction of sp³-hybridized carbons (Fsp3) is 0. The van der Waals surface area contributed by atoms with Gasteiger partial charge in [-0.05, 0) is 74.8 Å². The largest absolute Gasteiger partial charge is 0.456 e. The van der Waals surface area contributed by atoms with Gasteiger partial charge in [-0.15, -0.1) is 0 Å². The predicted molar refractivity (Wildman–Crippen MR) is 225 cm³/mol. The monoisotopic (exact) mass is 703 g/mol. The molecule has 8 aromatic carbocycles. The van der Waals surface area contributed by atoms with Crippen LogP contribution >= 0.6 is 0 Å². The normalized spacial score (nSPS) is 11.3. The Bertz CT molecular complexity index is 2970. The molecule has 0 amide bonds. The number of hydrogen-bond acceptors (Lipinski definition) is 4. The maximum absolute atomic E-state index is 6.59. The summed E-state index contributed by atoms with van der Waals surface area (Å²) >= 11 is 0. The Kier molecular flexibility index (Phi) is 8.12. The van der Waals surface area contributed by atoms with Gasteiger partial charge in [-0.3, -0.25) is 0 Å². The average molecular weight is 704 g/mol. The Morgan fingerprint density at radius 1 is 0.273 bits per heavy atom. The summed E-state index contributed by atoms with van der Waals surface area (Å²) in [7, 11) is 0. The van der Waals surface area contributed by atoms with Crippen molar-refractivity contribution >= 4 is 21.9 Å². The fourth-order valence-corrected chi connectivity index (χ4v) is 7.47. The van der Waals surface area contributed by atoms with E-state index in [1.54, 1.807) is 0 Å². The molecule has 0 saturated heterocycles. The van der Waals surface area contributed by atoms with E-state index in [0.29, 0.717) is 17.5 Å². The number of hydrogen-bond donors (Lipinski definition) is 0. The fourth-order valence-electron chi connectivity index (χ4n) is 7.47. The topological polar surface area (TPSA) is 51.8 Å². The molecular formula is C51H33N3O. The average Bonchev–Trinajstić information content (AvgIpc) is 3.66. The van der Waals surface area contributed by atoms with E-state index in [-0.39, 0.29) is 0 Å². The molecule has 0 atom stereocenters. The van der Waals surface area contributed by atoms with Crippen LogP contribution < -0.4 is 0 Å². The van der Waals surface area contributed by atoms with Crippen LogP contribution in [0.4, 0.5) is 0 Å². The highest BCUT2D eigenvalue weighted by atomic mass is 16.3. The van der Waals surface area contributed by atoms with Crippen molar-refractivity contribution in [2.45, 2.75) is 0 Å². The third kappa shape index (κ3) is 6.16. The third-order valence-corrected chi connectivity index (χ3v) is 10.2. The van der Waals surface area contributed by atoms with E-state index < -0.39 is 0 Å². The molecule has 0 saturated carbocycles. The third-order valence-electron chi connectivity index (χ3n) is 10.2. The van der Waals surface area contributed by atoms with Crippen molar-refractivity contribution in [3.8, 4) is 78.7 Å².